The van der Waals surface area contributed by atoms with Crippen molar-refractivity contribution in [3.05, 3.63) is 53.2 Å². The summed E-state index contributed by atoms with van der Waals surface area (Å²) >= 11 is 1.57. The maximum Gasteiger partial charge on any atom is 0.188 e. The number of pyridine rings is 1. The third-order valence-corrected chi connectivity index (χ3v) is 5.39. The number of anilines is 2. The van der Waals surface area contributed by atoms with Crippen molar-refractivity contribution >= 4 is 22.3 Å². The van der Waals surface area contributed by atoms with Gasteiger partial charge in [-0.05, 0) is 31.5 Å². The summed E-state index contributed by atoms with van der Waals surface area (Å²) in [6, 6.07) is 5.85. The molecule has 0 aliphatic carbocycles. The van der Waals surface area contributed by atoms with Crippen molar-refractivity contribution in [2.24, 2.45) is 7.05 Å². The predicted molar refractivity (Wildman–Crippen MR) is 99.9 cm³/mol. The first-order chi connectivity index (χ1) is 12.7. The molecule has 3 aromatic heterocycles. The molecular formula is C18H19N7S. The SMILES string of the molecule is Cn1ccnc1CN1CCC[C@H]1c1csc(Nc2cc(C#N)ccn2)n1. The topological polar surface area (TPSA) is 82.7 Å². The van der Waals surface area contributed by atoms with E-state index in [1.165, 1.54) is 6.42 Å². The number of aryl methyl sites for hydroxylation is 1. The molecule has 1 N–H and O–H groups in total. The predicted octanol–water partition coefficient (Wildman–Crippen LogP) is 3.22. The number of hydrogen-bond donors (Lipinski definition) is 1. The molecule has 8 heteroatoms. The van der Waals surface area contributed by atoms with Crippen LogP contribution in [0, 0.1) is 11.3 Å². The van der Waals surface area contributed by atoms with Crippen molar-refractivity contribution in [1.82, 2.24) is 24.4 Å². The van der Waals surface area contributed by atoms with Crippen molar-refractivity contribution in [1.29, 1.82) is 5.26 Å². The molecule has 4 rings (SSSR count). The molecule has 0 aromatic carbocycles. The van der Waals surface area contributed by atoms with Gasteiger partial charge in [0, 0.05) is 31.0 Å². The van der Waals surface area contributed by atoms with Crippen LogP contribution >= 0.6 is 11.3 Å². The zero-order valence-corrected chi connectivity index (χ0v) is 15.3. The van der Waals surface area contributed by atoms with Crippen LogP contribution in [-0.2, 0) is 13.6 Å². The molecule has 1 aliphatic rings. The van der Waals surface area contributed by atoms with Gasteiger partial charge in [-0.25, -0.2) is 15.0 Å². The average molecular weight is 365 g/mol. The number of nitrogens with one attached hydrogen (secondary N) is 1. The van der Waals surface area contributed by atoms with Gasteiger partial charge < -0.3 is 9.88 Å². The first-order valence-corrected chi connectivity index (χ1v) is 9.40. The lowest BCUT2D eigenvalue weighted by molar-refractivity contribution is 0.237. The highest BCUT2D eigenvalue weighted by molar-refractivity contribution is 7.13. The molecule has 1 fully saturated rings. The Morgan fingerprint density at radius 1 is 1.38 bits per heavy atom. The van der Waals surface area contributed by atoms with Crippen LogP contribution in [0.2, 0.25) is 0 Å². The standard InChI is InChI=1S/C18H19N7S/c1-24-8-6-21-17(24)11-25-7-2-3-15(25)14-12-26-18(22-14)23-16-9-13(10-19)4-5-20-16/h4-6,8-9,12,15H,2-3,7,11H2,1H3,(H,20,22,23)/t15-/m0/s1. The summed E-state index contributed by atoms with van der Waals surface area (Å²) in [5.74, 6) is 1.71. The molecule has 0 amide bonds. The molecule has 0 unspecified atom stereocenters. The van der Waals surface area contributed by atoms with E-state index in [4.69, 9.17) is 10.2 Å². The van der Waals surface area contributed by atoms with E-state index < -0.39 is 0 Å². The van der Waals surface area contributed by atoms with Gasteiger partial charge in [-0.1, -0.05) is 0 Å². The van der Waals surface area contributed by atoms with Gasteiger partial charge in [0.25, 0.3) is 0 Å². The van der Waals surface area contributed by atoms with Crippen LogP contribution in [0.25, 0.3) is 0 Å². The minimum atomic E-state index is 0.317. The summed E-state index contributed by atoms with van der Waals surface area (Å²) in [7, 11) is 2.03. The Hall–Kier alpha value is -2.76. The van der Waals surface area contributed by atoms with E-state index >= 15 is 0 Å². The lowest BCUT2D eigenvalue weighted by atomic mass is 10.2. The summed E-state index contributed by atoms with van der Waals surface area (Å²) in [5.41, 5.74) is 1.66. The minimum absolute atomic E-state index is 0.317. The second kappa shape index (κ2) is 7.23. The fourth-order valence-corrected chi connectivity index (χ4v) is 4.02. The number of imidazole rings is 1. The number of aromatic nitrogens is 4. The molecule has 1 saturated heterocycles. The monoisotopic (exact) mass is 365 g/mol. The molecule has 26 heavy (non-hydrogen) atoms. The van der Waals surface area contributed by atoms with E-state index in [9.17, 15) is 0 Å². The number of likely N-dealkylation sites (tertiary alicyclic amines) is 1. The second-order valence-corrected chi connectivity index (χ2v) is 7.19. The number of nitriles is 1. The van der Waals surface area contributed by atoms with Gasteiger partial charge in [-0.3, -0.25) is 4.90 Å². The average Bonchev–Trinajstić information content (AvgIpc) is 3.38. The molecule has 0 bridgehead atoms. The summed E-state index contributed by atoms with van der Waals surface area (Å²) in [4.78, 5) is 15.9. The molecule has 132 valence electrons. The molecule has 0 saturated carbocycles. The van der Waals surface area contributed by atoms with Crippen LogP contribution < -0.4 is 5.32 Å². The molecular weight excluding hydrogens is 346 g/mol. The molecule has 1 aliphatic heterocycles. The molecule has 1 atom stereocenters. The van der Waals surface area contributed by atoms with E-state index in [1.807, 2.05) is 19.4 Å². The Kier molecular flexibility index (Phi) is 4.65. The Morgan fingerprint density at radius 3 is 3.12 bits per heavy atom. The zero-order valence-electron chi connectivity index (χ0n) is 14.5. The van der Waals surface area contributed by atoms with E-state index in [-0.39, 0.29) is 0 Å². The lowest BCUT2D eigenvalue weighted by Crippen LogP contribution is -2.24. The highest BCUT2D eigenvalue weighted by Crippen LogP contribution is 2.35. The summed E-state index contributed by atoms with van der Waals surface area (Å²) in [5, 5.41) is 15.1. The summed E-state index contributed by atoms with van der Waals surface area (Å²) < 4.78 is 2.07. The smallest absolute Gasteiger partial charge is 0.188 e. The third-order valence-electron chi connectivity index (χ3n) is 4.62. The van der Waals surface area contributed by atoms with E-state index in [0.29, 0.717) is 17.4 Å². The first-order valence-electron chi connectivity index (χ1n) is 8.52. The molecule has 0 spiro atoms. The van der Waals surface area contributed by atoms with Gasteiger partial charge in [0.05, 0.1) is 29.9 Å². The molecule has 4 heterocycles. The van der Waals surface area contributed by atoms with Crippen LogP contribution in [0.3, 0.4) is 0 Å². The quantitative estimate of drug-likeness (QED) is 0.747. The number of nitrogens with zero attached hydrogens (tertiary/aromatic N) is 6. The van der Waals surface area contributed by atoms with Gasteiger partial charge in [0.1, 0.15) is 11.6 Å². The highest BCUT2D eigenvalue weighted by atomic mass is 32.1. The Bertz CT molecular complexity index is 939. The van der Waals surface area contributed by atoms with Crippen molar-refractivity contribution in [3.63, 3.8) is 0 Å². The van der Waals surface area contributed by atoms with E-state index in [1.54, 1.807) is 29.7 Å². The minimum Gasteiger partial charge on any atom is -0.337 e. The summed E-state index contributed by atoms with van der Waals surface area (Å²) in [6.45, 7) is 1.89. The van der Waals surface area contributed by atoms with Crippen LogP contribution in [0.15, 0.2) is 36.1 Å². The van der Waals surface area contributed by atoms with Gasteiger partial charge in [-0.15, -0.1) is 11.3 Å². The fourth-order valence-electron chi connectivity index (χ4n) is 3.26. The largest absolute Gasteiger partial charge is 0.337 e. The maximum atomic E-state index is 9.00. The van der Waals surface area contributed by atoms with Crippen molar-refractivity contribution in [2.75, 3.05) is 11.9 Å². The number of thiazole rings is 1. The normalized spacial score (nSPS) is 17.3. The summed E-state index contributed by atoms with van der Waals surface area (Å²) in [6.07, 6.45) is 7.72. The molecule has 3 aromatic rings. The van der Waals surface area contributed by atoms with Crippen LogP contribution in [0.4, 0.5) is 10.9 Å². The first kappa shape index (κ1) is 16.7. The fraction of sp³-hybridized carbons (Fsp3) is 0.333. The van der Waals surface area contributed by atoms with Crippen molar-refractivity contribution in [2.45, 2.75) is 25.4 Å². The Balaban J connectivity index is 1.48. The van der Waals surface area contributed by atoms with Gasteiger partial charge >= 0.3 is 0 Å². The third kappa shape index (κ3) is 3.45. The van der Waals surface area contributed by atoms with Gasteiger partial charge in [0.15, 0.2) is 5.13 Å². The zero-order chi connectivity index (χ0) is 17.9. The Morgan fingerprint density at radius 2 is 2.31 bits per heavy atom. The van der Waals surface area contributed by atoms with E-state index in [0.717, 1.165) is 36.2 Å². The van der Waals surface area contributed by atoms with Gasteiger partial charge in [0.2, 0.25) is 0 Å². The van der Waals surface area contributed by atoms with Crippen LogP contribution in [-0.4, -0.2) is 31.0 Å². The second-order valence-electron chi connectivity index (χ2n) is 6.33. The molecule has 0 radical (unpaired) electrons. The van der Waals surface area contributed by atoms with Crippen molar-refractivity contribution in [3.8, 4) is 6.07 Å². The number of rotatable bonds is 5. The maximum absolute atomic E-state index is 9.00. The lowest BCUT2D eigenvalue weighted by Gasteiger charge is -2.22. The van der Waals surface area contributed by atoms with Crippen LogP contribution in [0.5, 0.6) is 0 Å². The Labute approximate surface area is 156 Å². The molecule has 7 nitrogen and oxygen atoms in total. The van der Waals surface area contributed by atoms with E-state index in [2.05, 4.69) is 36.2 Å². The highest BCUT2D eigenvalue weighted by Gasteiger charge is 2.28. The van der Waals surface area contributed by atoms with Crippen molar-refractivity contribution < 1.29 is 0 Å². The number of hydrogen-bond acceptors (Lipinski definition) is 7. The van der Waals surface area contributed by atoms with Gasteiger partial charge in [-0.2, -0.15) is 5.26 Å². The van der Waals surface area contributed by atoms with Crippen LogP contribution in [0.1, 0.15) is 36.0 Å².